The van der Waals surface area contributed by atoms with Crippen LogP contribution in [-0.2, 0) is 0 Å². The predicted molar refractivity (Wildman–Crippen MR) is 102 cm³/mol. The summed E-state index contributed by atoms with van der Waals surface area (Å²) in [6.07, 6.45) is 2.04. The second-order valence-corrected chi connectivity index (χ2v) is 7.98. The lowest BCUT2D eigenvalue weighted by Crippen LogP contribution is -3.10. The maximum atomic E-state index is 10.0. The number of nitrogens with zero attached hydrogens (tertiary/aromatic N) is 3. The number of likely N-dealkylation sites (N-methyl/N-ethyl adjacent to an activating group) is 1. The van der Waals surface area contributed by atoms with Crippen molar-refractivity contribution in [2.45, 2.75) is 25.7 Å². The molecule has 2 N–H and O–H groups in total. The van der Waals surface area contributed by atoms with Crippen LogP contribution in [0.5, 0.6) is 0 Å². The highest BCUT2D eigenvalue weighted by Gasteiger charge is 2.58. The Kier molecular flexibility index (Phi) is 4.88. The van der Waals surface area contributed by atoms with Gasteiger partial charge in [-0.15, -0.1) is 0 Å². The molecule has 1 heterocycles. The summed E-state index contributed by atoms with van der Waals surface area (Å²) in [7, 11) is 2.08. The third kappa shape index (κ3) is 2.84. The van der Waals surface area contributed by atoms with Gasteiger partial charge < -0.3 is 10.3 Å². The Labute approximate surface area is 160 Å². The minimum atomic E-state index is -1.61. The van der Waals surface area contributed by atoms with Crippen molar-refractivity contribution in [3.8, 4) is 18.2 Å². The molecule has 27 heavy (non-hydrogen) atoms. The molecule has 0 bridgehead atoms. The van der Waals surface area contributed by atoms with E-state index in [-0.39, 0.29) is 11.6 Å². The molecule has 136 valence electrons. The quantitative estimate of drug-likeness (QED) is 0.792. The smallest absolute Gasteiger partial charge is 0.189 e. The molecule has 4 atom stereocenters. The number of rotatable bonds is 2. The Morgan fingerprint density at radius 3 is 2.30 bits per heavy atom. The predicted octanol–water partition coefficient (Wildman–Crippen LogP) is 2.17. The van der Waals surface area contributed by atoms with E-state index in [1.165, 1.54) is 10.5 Å². The molecule has 5 heteroatoms. The molecule has 0 amide bonds. The van der Waals surface area contributed by atoms with Gasteiger partial charge in [0.1, 0.15) is 5.92 Å². The van der Waals surface area contributed by atoms with Crippen molar-refractivity contribution in [2.24, 2.45) is 17.3 Å². The van der Waals surface area contributed by atoms with Crippen molar-refractivity contribution in [3.63, 3.8) is 0 Å². The molecule has 1 aromatic carbocycles. The van der Waals surface area contributed by atoms with Crippen LogP contribution in [0.25, 0.3) is 0 Å². The SMILES string of the molecule is CC(C)c1ccc([C@@H]2[C@@H]3C[NH+](C)CC=C3[C@H](C#N)C(=N)C2(C#N)C#N)cc1. The summed E-state index contributed by atoms with van der Waals surface area (Å²) < 4.78 is 0. The minimum absolute atomic E-state index is 0.0741. The van der Waals surface area contributed by atoms with E-state index in [4.69, 9.17) is 5.41 Å². The van der Waals surface area contributed by atoms with Gasteiger partial charge in [0.05, 0.1) is 44.1 Å². The van der Waals surface area contributed by atoms with E-state index in [1.807, 2.05) is 30.3 Å². The first kappa shape index (κ1) is 18.8. The van der Waals surface area contributed by atoms with Gasteiger partial charge in [-0.3, -0.25) is 0 Å². The molecular formula is C22H24N5+. The molecule has 1 unspecified atom stereocenters. The number of hydrogen-bond donors (Lipinski definition) is 2. The third-order valence-electron chi connectivity index (χ3n) is 6.04. The highest BCUT2D eigenvalue weighted by atomic mass is 15.1. The molecule has 2 aliphatic rings. The lowest BCUT2D eigenvalue weighted by Gasteiger charge is -2.46. The Balaban J connectivity index is 2.21. The Hall–Kier alpha value is -2.94. The maximum Gasteiger partial charge on any atom is 0.189 e. The van der Waals surface area contributed by atoms with Gasteiger partial charge >= 0.3 is 0 Å². The van der Waals surface area contributed by atoms with Crippen LogP contribution >= 0.6 is 0 Å². The van der Waals surface area contributed by atoms with Gasteiger partial charge in [-0.25, -0.2) is 0 Å². The van der Waals surface area contributed by atoms with Crippen molar-refractivity contribution in [1.82, 2.24) is 0 Å². The van der Waals surface area contributed by atoms with Crippen LogP contribution in [0.1, 0.15) is 36.8 Å². The zero-order valence-electron chi connectivity index (χ0n) is 16.0. The number of nitriles is 3. The van der Waals surface area contributed by atoms with Crippen LogP contribution in [0.2, 0.25) is 0 Å². The third-order valence-corrected chi connectivity index (χ3v) is 6.04. The molecule has 0 spiro atoms. The summed E-state index contributed by atoms with van der Waals surface area (Å²) in [4.78, 5) is 1.28. The summed E-state index contributed by atoms with van der Waals surface area (Å²) >= 11 is 0. The first-order valence-electron chi connectivity index (χ1n) is 9.31. The molecule has 1 aliphatic heterocycles. The number of quaternary nitrogens is 1. The molecular weight excluding hydrogens is 334 g/mol. The molecule has 0 radical (unpaired) electrons. The Morgan fingerprint density at radius 2 is 1.78 bits per heavy atom. The van der Waals surface area contributed by atoms with Crippen molar-refractivity contribution >= 4 is 5.71 Å². The van der Waals surface area contributed by atoms with E-state index in [0.717, 1.165) is 24.2 Å². The monoisotopic (exact) mass is 358 g/mol. The van der Waals surface area contributed by atoms with E-state index in [2.05, 4.69) is 39.1 Å². The largest absolute Gasteiger partial charge is 0.334 e. The first-order valence-corrected chi connectivity index (χ1v) is 9.31. The summed E-state index contributed by atoms with van der Waals surface area (Å²) in [5.74, 6) is -0.924. The van der Waals surface area contributed by atoms with Gasteiger partial charge in [0.15, 0.2) is 5.41 Å². The van der Waals surface area contributed by atoms with E-state index >= 15 is 0 Å². The second kappa shape index (κ2) is 6.99. The van der Waals surface area contributed by atoms with Crippen LogP contribution in [-0.4, -0.2) is 25.8 Å². The molecule has 5 nitrogen and oxygen atoms in total. The second-order valence-electron chi connectivity index (χ2n) is 7.98. The number of hydrogen-bond acceptors (Lipinski definition) is 4. The minimum Gasteiger partial charge on any atom is -0.334 e. The van der Waals surface area contributed by atoms with Gasteiger partial charge in [-0.1, -0.05) is 38.1 Å². The van der Waals surface area contributed by atoms with Gasteiger partial charge in [0.2, 0.25) is 0 Å². The van der Waals surface area contributed by atoms with E-state index in [0.29, 0.717) is 5.92 Å². The highest BCUT2D eigenvalue weighted by molar-refractivity contribution is 6.00. The molecule has 1 aliphatic carbocycles. The lowest BCUT2D eigenvalue weighted by molar-refractivity contribution is -0.878. The van der Waals surface area contributed by atoms with E-state index < -0.39 is 17.3 Å². The average molecular weight is 358 g/mol. The van der Waals surface area contributed by atoms with Gasteiger partial charge in [-0.2, -0.15) is 15.8 Å². The fourth-order valence-corrected chi connectivity index (χ4v) is 4.52. The van der Waals surface area contributed by atoms with Crippen LogP contribution in [0.15, 0.2) is 35.9 Å². The zero-order valence-corrected chi connectivity index (χ0v) is 16.0. The van der Waals surface area contributed by atoms with E-state index in [9.17, 15) is 15.8 Å². The number of fused-ring (bicyclic) bond motifs is 1. The van der Waals surface area contributed by atoms with Crippen LogP contribution < -0.4 is 4.90 Å². The first-order chi connectivity index (χ1) is 12.9. The summed E-state index contributed by atoms with van der Waals surface area (Å²) in [5, 5.41) is 38.3. The zero-order chi connectivity index (χ0) is 19.8. The molecule has 1 fully saturated rings. The molecule has 0 saturated heterocycles. The molecule has 3 rings (SSSR count). The van der Waals surface area contributed by atoms with Crippen molar-refractivity contribution in [1.29, 1.82) is 21.2 Å². The number of nitrogens with one attached hydrogen (secondary N) is 2. The molecule has 1 aromatic rings. The van der Waals surface area contributed by atoms with Gasteiger partial charge in [0, 0.05) is 11.8 Å². The maximum absolute atomic E-state index is 10.0. The van der Waals surface area contributed by atoms with Crippen molar-refractivity contribution in [2.75, 3.05) is 20.1 Å². The fraction of sp³-hybridized carbons (Fsp3) is 0.455. The fourth-order valence-electron chi connectivity index (χ4n) is 4.52. The summed E-state index contributed by atoms with van der Waals surface area (Å²) in [6, 6.07) is 14.5. The van der Waals surface area contributed by atoms with Crippen LogP contribution in [0.4, 0.5) is 0 Å². The molecule has 0 aromatic heterocycles. The van der Waals surface area contributed by atoms with E-state index in [1.54, 1.807) is 0 Å². The van der Waals surface area contributed by atoms with Crippen LogP contribution in [0, 0.1) is 56.7 Å². The van der Waals surface area contributed by atoms with Gasteiger partial charge in [-0.05, 0) is 28.7 Å². The van der Waals surface area contributed by atoms with Crippen molar-refractivity contribution < 1.29 is 4.90 Å². The highest BCUT2D eigenvalue weighted by Crippen LogP contribution is 2.52. The van der Waals surface area contributed by atoms with Crippen LogP contribution in [0.3, 0.4) is 0 Å². The Morgan fingerprint density at radius 1 is 1.15 bits per heavy atom. The topological polar surface area (TPSA) is 99.7 Å². The number of benzene rings is 1. The summed E-state index contributed by atoms with van der Waals surface area (Å²) in [6.45, 7) is 5.79. The van der Waals surface area contributed by atoms with Crippen molar-refractivity contribution in [3.05, 3.63) is 47.0 Å². The molecule has 1 saturated carbocycles. The normalized spacial score (nSPS) is 29.1. The Bertz CT molecular complexity index is 890. The standard InChI is InChI=1S/C22H23N5/c1-14(2)15-4-6-16(7-5-15)20-19-11-27(3)9-8-17(19)18(10-23)21(26)22(20,12-24)13-25/h4-8,14,18-20,26H,9,11H2,1-3H3/p+1/t18-,19+,20+/m0/s1. The lowest BCUT2D eigenvalue weighted by atomic mass is 9.54. The average Bonchev–Trinajstić information content (AvgIpc) is 2.67. The summed E-state index contributed by atoms with van der Waals surface area (Å²) in [5.41, 5.74) is 1.32. The van der Waals surface area contributed by atoms with Gasteiger partial charge in [0.25, 0.3) is 0 Å².